The van der Waals surface area contributed by atoms with Gasteiger partial charge in [-0.1, -0.05) is 81.4 Å². The summed E-state index contributed by atoms with van der Waals surface area (Å²) in [6.07, 6.45) is 0. The van der Waals surface area contributed by atoms with Crippen LogP contribution in [0.5, 0.6) is 0 Å². The van der Waals surface area contributed by atoms with Gasteiger partial charge >= 0.3 is 0 Å². The largest absolute Gasteiger partial charge is 0.416 e. The second kappa shape index (κ2) is 8.30. The summed E-state index contributed by atoms with van der Waals surface area (Å²) in [5, 5.41) is 0.261. The van der Waals surface area contributed by atoms with Crippen molar-refractivity contribution >= 4 is 8.32 Å². The Morgan fingerprint density at radius 1 is 0.926 bits per heavy atom. The van der Waals surface area contributed by atoms with Gasteiger partial charge in [-0.3, -0.25) is 4.90 Å². The first-order valence-corrected chi connectivity index (χ1v) is 13.1. The zero-order valence-electron chi connectivity index (χ0n) is 17.6. The van der Waals surface area contributed by atoms with E-state index in [4.69, 9.17) is 4.43 Å². The van der Waals surface area contributed by atoms with E-state index in [1.54, 1.807) is 0 Å². The summed E-state index contributed by atoms with van der Waals surface area (Å²) in [6, 6.07) is 21.9. The number of nitrogens with zero attached hydrogens (tertiary/aromatic N) is 1. The van der Waals surface area contributed by atoms with Crippen LogP contribution in [-0.2, 0) is 11.0 Å². The van der Waals surface area contributed by atoms with E-state index >= 15 is 0 Å². The van der Waals surface area contributed by atoms with Crippen LogP contribution in [0.4, 0.5) is 0 Å². The lowest BCUT2D eigenvalue weighted by molar-refractivity contribution is 0.215. The van der Waals surface area contributed by atoms with E-state index in [-0.39, 0.29) is 5.04 Å². The summed E-state index contributed by atoms with van der Waals surface area (Å²) >= 11 is 0. The van der Waals surface area contributed by atoms with E-state index in [2.05, 4.69) is 99.4 Å². The quantitative estimate of drug-likeness (QED) is 0.576. The number of rotatable bonds is 6. The van der Waals surface area contributed by atoms with Crippen molar-refractivity contribution in [3.05, 3.63) is 71.8 Å². The topological polar surface area (TPSA) is 12.5 Å². The third-order valence-electron chi connectivity index (χ3n) is 6.46. The molecule has 0 amide bonds. The van der Waals surface area contributed by atoms with Gasteiger partial charge in [0, 0.05) is 38.1 Å². The monoisotopic (exact) mass is 381 g/mol. The van der Waals surface area contributed by atoms with Crippen molar-refractivity contribution in [3.63, 3.8) is 0 Å². The third-order valence-corrected chi connectivity index (χ3v) is 11.0. The molecule has 0 bridgehead atoms. The molecule has 0 radical (unpaired) electrons. The summed E-state index contributed by atoms with van der Waals surface area (Å²) in [6.45, 7) is 15.8. The molecular weight excluding hydrogens is 346 g/mol. The van der Waals surface area contributed by atoms with Crippen molar-refractivity contribution in [2.24, 2.45) is 5.92 Å². The molecule has 27 heavy (non-hydrogen) atoms. The normalized spacial score (nSPS) is 21.5. The predicted molar refractivity (Wildman–Crippen MR) is 118 cm³/mol. The molecule has 3 rings (SSSR count). The molecule has 1 fully saturated rings. The molecule has 3 heteroatoms. The Labute approximate surface area is 166 Å². The van der Waals surface area contributed by atoms with Crippen LogP contribution >= 0.6 is 0 Å². The van der Waals surface area contributed by atoms with Crippen LogP contribution in [0.25, 0.3) is 0 Å². The molecule has 1 saturated heterocycles. The lowest BCUT2D eigenvalue weighted by atomic mass is 9.90. The molecule has 0 saturated carbocycles. The second-order valence-corrected chi connectivity index (χ2v) is 14.3. The van der Waals surface area contributed by atoms with Crippen molar-refractivity contribution in [1.82, 2.24) is 4.90 Å². The van der Waals surface area contributed by atoms with Crippen molar-refractivity contribution in [2.45, 2.75) is 51.4 Å². The maximum atomic E-state index is 6.64. The van der Waals surface area contributed by atoms with Crippen LogP contribution in [0.1, 0.15) is 37.8 Å². The van der Waals surface area contributed by atoms with Gasteiger partial charge in [-0.05, 0) is 29.3 Å². The Morgan fingerprint density at radius 2 is 1.52 bits per heavy atom. The van der Waals surface area contributed by atoms with Gasteiger partial charge in [0.25, 0.3) is 0 Å². The highest BCUT2D eigenvalue weighted by atomic mass is 28.4. The maximum Gasteiger partial charge on any atom is 0.191 e. The standard InChI is InChI=1S/C24H35NOSi/c1-24(2,3)27(4,5)26-19-22-17-25(16-20-12-8-6-9-13-20)18-23(22)21-14-10-7-11-15-21/h6-15,22-23H,16-19H2,1-5H3. The van der Waals surface area contributed by atoms with Crippen molar-refractivity contribution in [1.29, 1.82) is 0 Å². The van der Waals surface area contributed by atoms with Gasteiger partial charge in [0.1, 0.15) is 0 Å². The minimum absolute atomic E-state index is 0.261. The molecule has 0 aromatic heterocycles. The Hall–Kier alpha value is -1.42. The average Bonchev–Trinajstić information content (AvgIpc) is 3.03. The third kappa shape index (κ3) is 5.10. The molecule has 0 N–H and O–H groups in total. The van der Waals surface area contributed by atoms with Gasteiger partial charge in [0.2, 0.25) is 0 Å². The van der Waals surface area contributed by atoms with E-state index in [0.717, 1.165) is 26.2 Å². The second-order valence-electron chi connectivity index (χ2n) is 9.53. The summed E-state index contributed by atoms with van der Waals surface area (Å²) in [5.41, 5.74) is 2.85. The van der Waals surface area contributed by atoms with Crippen LogP contribution in [0.3, 0.4) is 0 Å². The number of hydrogen-bond acceptors (Lipinski definition) is 2. The zero-order valence-corrected chi connectivity index (χ0v) is 18.6. The van der Waals surface area contributed by atoms with Gasteiger partial charge in [-0.15, -0.1) is 0 Å². The SMILES string of the molecule is CC(C)(C)[Si](C)(C)OCC1CN(Cc2ccccc2)CC1c1ccccc1. The molecular formula is C24H35NOSi. The van der Waals surface area contributed by atoms with Crippen molar-refractivity contribution in [2.75, 3.05) is 19.7 Å². The lowest BCUT2D eigenvalue weighted by Crippen LogP contribution is -2.42. The predicted octanol–water partition coefficient (Wildman–Crippen LogP) is 5.92. The molecule has 0 spiro atoms. The zero-order chi connectivity index (χ0) is 19.5. The fourth-order valence-corrected chi connectivity index (χ4v) is 4.77. The average molecular weight is 382 g/mol. The number of hydrogen-bond donors (Lipinski definition) is 0. The summed E-state index contributed by atoms with van der Waals surface area (Å²) in [4.78, 5) is 2.60. The van der Waals surface area contributed by atoms with Gasteiger partial charge in [0.15, 0.2) is 8.32 Å². The van der Waals surface area contributed by atoms with E-state index in [9.17, 15) is 0 Å². The fourth-order valence-electron chi connectivity index (χ4n) is 3.71. The molecule has 2 aromatic rings. The van der Waals surface area contributed by atoms with Crippen molar-refractivity contribution in [3.8, 4) is 0 Å². The Kier molecular flexibility index (Phi) is 6.24. The fraction of sp³-hybridized carbons (Fsp3) is 0.500. The highest BCUT2D eigenvalue weighted by Gasteiger charge is 2.40. The summed E-state index contributed by atoms with van der Waals surface area (Å²) in [5.74, 6) is 1.12. The first-order valence-electron chi connectivity index (χ1n) is 10.2. The van der Waals surface area contributed by atoms with Gasteiger partial charge < -0.3 is 4.43 Å². The smallest absolute Gasteiger partial charge is 0.191 e. The molecule has 2 nitrogen and oxygen atoms in total. The molecule has 0 aliphatic carbocycles. The first-order chi connectivity index (χ1) is 12.8. The van der Waals surface area contributed by atoms with Gasteiger partial charge in [0.05, 0.1) is 0 Å². The maximum absolute atomic E-state index is 6.64. The van der Waals surface area contributed by atoms with Gasteiger partial charge in [-0.2, -0.15) is 0 Å². The summed E-state index contributed by atoms with van der Waals surface area (Å²) in [7, 11) is -1.72. The first kappa shape index (κ1) is 20.3. The molecule has 1 aliphatic heterocycles. The Balaban J connectivity index is 1.72. The molecule has 2 unspecified atom stereocenters. The van der Waals surface area contributed by atoms with Crippen LogP contribution in [0.15, 0.2) is 60.7 Å². The summed E-state index contributed by atoms with van der Waals surface area (Å²) < 4.78 is 6.64. The van der Waals surface area contributed by atoms with Crippen LogP contribution < -0.4 is 0 Å². The van der Waals surface area contributed by atoms with E-state index in [1.807, 2.05) is 0 Å². The number of likely N-dealkylation sites (tertiary alicyclic amines) is 1. The van der Waals surface area contributed by atoms with E-state index < -0.39 is 8.32 Å². The highest BCUT2D eigenvalue weighted by molar-refractivity contribution is 6.74. The highest BCUT2D eigenvalue weighted by Crippen LogP contribution is 2.39. The van der Waals surface area contributed by atoms with Crippen LogP contribution in [0, 0.1) is 5.92 Å². The minimum Gasteiger partial charge on any atom is -0.416 e. The number of benzene rings is 2. The molecule has 1 aliphatic rings. The van der Waals surface area contributed by atoms with Gasteiger partial charge in [-0.25, -0.2) is 0 Å². The molecule has 1 heterocycles. The molecule has 146 valence electrons. The Bertz CT molecular complexity index is 708. The minimum atomic E-state index is -1.72. The van der Waals surface area contributed by atoms with Crippen LogP contribution in [0.2, 0.25) is 18.1 Å². The van der Waals surface area contributed by atoms with Crippen LogP contribution in [-0.4, -0.2) is 32.9 Å². The lowest BCUT2D eigenvalue weighted by Gasteiger charge is -2.37. The Morgan fingerprint density at radius 3 is 2.11 bits per heavy atom. The van der Waals surface area contributed by atoms with E-state index in [1.165, 1.54) is 11.1 Å². The molecule has 2 aromatic carbocycles. The van der Waals surface area contributed by atoms with E-state index in [0.29, 0.717) is 11.8 Å². The molecule has 2 atom stereocenters. The van der Waals surface area contributed by atoms with Crippen molar-refractivity contribution < 1.29 is 4.43 Å².